The molecule has 0 aromatic heterocycles. The number of ether oxygens (including phenoxy) is 10. The predicted octanol–water partition coefficient (Wildman–Crippen LogP) is 25.7. The molecule has 4 heterocycles. The summed E-state index contributed by atoms with van der Waals surface area (Å²) in [5.74, 6) is 3.06. The van der Waals surface area contributed by atoms with Gasteiger partial charge in [0, 0.05) is 68.2 Å². The van der Waals surface area contributed by atoms with Crippen LogP contribution in [0.1, 0.15) is 364 Å². The first-order chi connectivity index (χ1) is 50.4. The summed E-state index contributed by atoms with van der Waals surface area (Å²) < 4.78 is 70.6. The Morgan fingerprint density at radius 1 is 0.265 bits per heavy atom. The van der Waals surface area contributed by atoms with Crippen LogP contribution in [0.5, 0.6) is 69.0 Å². The fourth-order valence-electron chi connectivity index (χ4n) is 16.8. The molecule has 2 N–H and O–H groups in total. The van der Waals surface area contributed by atoms with Crippen LogP contribution in [0.4, 0.5) is 0 Å². The maximum absolute atomic E-state index is 13.4. The van der Waals surface area contributed by atoms with Gasteiger partial charge >= 0.3 is 0 Å². The molecular weight excluding hydrogens is 1270 g/mol. The number of hydrogen-bond donors (Lipinski definition) is 2. The van der Waals surface area contributed by atoms with E-state index in [1.807, 2.05) is 36.4 Å². The first kappa shape index (κ1) is 76.1. The van der Waals surface area contributed by atoms with Gasteiger partial charge in [0.05, 0.1) is 0 Å². The monoisotopic (exact) mass is 1400 g/mol. The topological polar surface area (TPSA) is 133 Å². The van der Waals surface area contributed by atoms with E-state index in [1.54, 1.807) is 0 Å². The zero-order valence-electron chi connectivity index (χ0n) is 62.9. The molecule has 0 fully saturated rings. The molecule has 12 heteroatoms. The molecule has 8 bridgehead atoms. The number of rotatable bonds is 46. The Bertz CT molecular complexity index is 3090. The van der Waals surface area contributed by atoms with E-state index in [0.29, 0.717) is 57.5 Å². The van der Waals surface area contributed by atoms with E-state index in [1.165, 1.54) is 154 Å². The van der Waals surface area contributed by atoms with E-state index in [2.05, 4.69) is 76.2 Å². The molecule has 4 atom stereocenters. The van der Waals surface area contributed by atoms with Crippen LogP contribution in [0.2, 0.25) is 0 Å². The number of phenols is 2. The highest BCUT2D eigenvalue weighted by Gasteiger charge is 2.43. The highest BCUT2D eigenvalue weighted by Crippen LogP contribution is 2.62. The van der Waals surface area contributed by atoms with Crippen molar-refractivity contribution in [3.8, 4) is 69.0 Å². The van der Waals surface area contributed by atoms with E-state index >= 15 is 0 Å². The zero-order chi connectivity index (χ0) is 70.5. The predicted molar refractivity (Wildman–Crippen MR) is 410 cm³/mol. The lowest BCUT2D eigenvalue weighted by Gasteiger charge is -2.36. The molecule has 6 aromatic rings. The highest BCUT2D eigenvalue weighted by molar-refractivity contribution is 5.73. The van der Waals surface area contributed by atoms with Crippen molar-refractivity contribution in [3.63, 3.8) is 0 Å². The van der Waals surface area contributed by atoms with E-state index in [4.69, 9.17) is 47.4 Å². The maximum atomic E-state index is 13.4. The summed E-state index contributed by atoms with van der Waals surface area (Å²) >= 11 is 0. The molecule has 0 amide bonds. The van der Waals surface area contributed by atoms with Crippen molar-refractivity contribution in [1.29, 1.82) is 0 Å². The SMILES string of the molecule is CCCCCCCCCCCC1c2cc3c4c(O)c2OCOc2c1cc1c(c2OCc2ccccc2)OCOc2c(cc5c(c2O)OCOc2c(cc(c(c2OCc2ccccc2)OCO4)C3CCCCCCCCCCC)C5CCCCCCCCCCC)C1CCCCCCCCCCC. The minimum absolute atomic E-state index is 0.0531. The fourth-order valence-corrected chi connectivity index (χ4v) is 16.8. The average Bonchev–Trinajstić information content (AvgIpc) is 0.725. The number of unbranched alkanes of at least 4 members (excludes halogenated alkanes) is 32. The second kappa shape index (κ2) is 40.8. The second-order valence-electron chi connectivity index (χ2n) is 30.1. The summed E-state index contributed by atoms with van der Waals surface area (Å²) in [5.41, 5.74) is 9.32. The molecule has 102 heavy (non-hydrogen) atoms. The molecule has 5 aliphatic rings. The minimum atomic E-state index is -0.362. The molecule has 0 saturated heterocycles. The Balaban J connectivity index is 1.16. The Kier molecular flexibility index (Phi) is 30.5. The van der Waals surface area contributed by atoms with Gasteiger partial charge in [0.15, 0.2) is 46.0 Å². The van der Waals surface area contributed by atoms with E-state index in [9.17, 15) is 10.2 Å². The molecule has 12 nitrogen and oxygen atoms in total. The summed E-state index contributed by atoms with van der Waals surface area (Å²) in [6, 6.07) is 30.0. The van der Waals surface area contributed by atoms with Crippen molar-refractivity contribution in [2.75, 3.05) is 27.2 Å². The molecule has 4 unspecified atom stereocenters. The second-order valence-corrected chi connectivity index (χ2v) is 30.1. The molecule has 11 rings (SSSR count). The average molecular weight is 1400 g/mol. The van der Waals surface area contributed by atoms with Crippen LogP contribution in [-0.4, -0.2) is 37.4 Å². The first-order valence-corrected chi connectivity index (χ1v) is 41.0. The lowest BCUT2D eigenvalue weighted by atomic mass is 9.75. The first-order valence-electron chi connectivity index (χ1n) is 41.0. The summed E-state index contributed by atoms with van der Waals surface area (Å²) in [6.07, 6.45) is 45.4. The largest absolute Gasteiger partial charge is 0.502 e. The lowest BCUT2D eigenvalue weighted by Crippen LogP contribution is -2.23. The van der Waals surface area contributed by atoms with Gasteiger partial charge in [0.1, 0.15) is 13.2 Å². The number of hydrogen-bond acceptors (Lipinski definition) is 12. The zero-order valence-corrected chi connectivity index (χ0v) is 62.9. The Morgan fingerprint density at radius 2 is 0.461 bits per heavy atom. The van der Waals surface area contributed by atoms with E-state index in [0.717, 1.165) is 158 Å². The van der Waals surface area contributed by atoms with Gasteiger partial charge in [-0.1, -0.05) is 320 Å². The maximum Gasteiger partial charge on any atom is 0.231 e. The van der Waals surface area contributed by atoms with Crippen molar-refractivity contribution in [1.82, 2.24) is 0 Å². The van der Waals surface area contributed by atoms with Crippen molar-refractivity contribution >= 4 is 0 Å². The lowest BCUT2D eigenvalue weighted by molar-refractivity contribution is 0.0837. The van der Waals surface area contributed by atoms with Gasteiger partial charge in [0.2, 0.25) is 50.2 Å². The molecular formula is C90H124O12. The van der Waals surface area contributed by atoms with Crippen LogP contribution in [0.15, 0.2) is 84.9 Å². The summed E-state index contributed by atoms with van der Waals surface area (Å²) in [7, 11) is 0. The standard InChI is InChI=1S/C90H124O12/c1-5-9-13-17-21-25-29-33-43-51-67-71-55-72-68(52-44-34-30-26-22-18-14-10-6-2)77-58-78-70(54-46-36-32-28-24-20-16-12-8-4)74-56-73-69(53-45-35-31-27-23-19-15-11-7-3)76-57-75(67)85-89(93-59-65-47-39-37-40-48-65)86(76)100-63-97-83(73)80(92)84(74)98-64-102-88(78)90(94-60-66-49-41-38-42-50-66)87(77)101-62-96-82(72)79(91)81(71)95-61-99-85/h37-42,47-50,55-58,67-70,91-92H,5-36,43-46,51-54,59-64H2,1-4H3. The third kappa shape index (κ3) is 19.8. The molecule has 0 radical (unpaired) electrons. The van der Waals surface area contributed by atoms with Crippen LogP contribution < -0.4 is 47.4 Å². The Hall–Kier alpha value is -7.08. The van der Waals surface area contributed by atoms with Gasteiger partial charge in [-0.25, -0.2) is 0 Å². The quantitative estimate of drug-likeness (QED) is 0.0353. The summed E-state index contributed by atoms with van der Waals surface area (Å²) in [6.45, 7) is 8.72. The van der Waals surface area contributed by atoms with Crippen LogP contribution >= 0.6 is 0 Å². The van der Waals surface area contributed by atoms with Crippen molar-refractivity contribution < 1.29 is 57.6 Å². The third-order valence-electron chi connectivity index (χ3n) is 22.5. The fraction of sp³-hybridized carbons (Fsp3) is 0.600. The number of benzene rings is 6. The number of aromatic hydroxyl groups is 2. The van der Waals surface area contributed by atoms with Crippen LogP contribution in [0.25, 0.3) is 0 Å². The molecule has 1 aliphatic carbocycles. The van der Waals surface area contributed by atoms with Gasteiger partial charge in [0.25, 0.3) is 0 Å². The van der Waals surface area contributed by atoms with Crippen LogP contribution in [-0.2, 0) is 13.2 Å². The minimum Gasteiger partial charge on any atom is -0.502 e. The molecule has 4 aliphatic heterocycles. The van der Waals surface area contributed by atoms with Gasteiger partial charge in [-0.2, -0.15) is 0 Å². The van der Waals surface area contributed by atoms with Crippen LogP contribution in [0.3, 0.4) is 0 Å². The van der Waals surface area contributed by atoms with Crippen molar-refractivity contribution in [2.45, 2.75) is 321 Å². The number of phenolic OH excluding ortho intramolecular Hbond substituents is 2. The van der Waals surface area contributed by atoms with E-state index in [-0.39, 0.29) is 75.6 Å². The molecule has 556 valence electrons. The Morgan fingerprint density at radius 3 is 0.686 bits per heavy atom. The van der Waals surface area contributed by atoms with Crippen LogP contribution in [0, 0.1) is 0 Å². The van der Waals surface area contributed by atoms with Gasteiger partial charge < -0.3 is 57.6 Å². The molecule has 0 saturated carbocycles. The highest BCUT2D eigenvalue weighted by atomic mass is 16.7. The van der Waals surface area contributed by atoms with E-state index < -0.39 is 0 Å². The van der Waals surface area contributed by atoms with Gasteiger partial charge in [-0.3, -0.25) is 0 Å². The summed E-state index contributed by atoms with van der Waals surface area (Å²) in [4.78, 5) is 0. The molecule has 6 aromatic carbocycles. The molecule has 0 spiro atoms. The van der Waals surface area contributed by atoms with Crippen molar-refractivity contribution in [3.05, 3.63) is 141 Å². The summed E-state index contributed by atoms with van der Waals surface area (Å²) in [5, 5.41) is 26.9. The Labute approximate surface area is 612 Å². The van der Waals surface area contributed by atoms with Crippen molar-refractivity contribution in [2.24, 2.45) is 0 Å². The van der Waals surface area contributed by atoms with Gasteiger partial charge in [-0.15, -0.1) is 0 Å². The normalized spacial score (nSPS) is 16.7. The smallest absolute Gasteiger partial charge is 0.231 e. The third-order valence-corrected chi connectivity index (χ3v) is 22.5. The van der Waals surface area contributed by atoms with Gasteiger partial charge in [-0.05, 0) is 61.1 Å².